The number of esters is 1. The van der Waals surface area contributed by atoms with Gasteiger partial charge in [-0.2, -0.15) is 0 Å². The van der Waals surface area contributed by atoms with E-state index in [4.69, 9.17) is 14.2 Å². The van der Waals surface area contributed by atoms with Gasteiger partial charge in [-0.1, -0.05) is 24.8 Å². The maximum atomic E-state index is 13.4. The summed E-state index contributed by atoms with van der Waals surface area (Å²) in [6.45, 7) is 3.96. The first-order valence-corrected chi connectivity index (χ1v) is 7.57. The molecule has 0 saturated heterocycles. The Labute approximate surface area is 145 Å². The molecule has 0 fully saturated rings. The van der Waals surface area contributed by atoms with E-state index in [1.54, 1.807) is 30.3 Å². The lowest BCUT2D eigenvalue weighted by molar-refractivity contribution is -0.140. The van der Waals surface area contributed by atoms with E-state index in [1.807, 2.05) is 0 Å². The molecule has 132 valence electrons. The predicted molar refractivity (Wildman–Crippen MR) is 91.0 cm³/mol. The first kappa shape index (κ1) is 18.5. The summed E-state index contributed by atoms with van der Waals surface area (Å²) in [5.41, 5.74) is 1.67. The van der Waals surface area contributed by atoms with Gasteiger partial charge in [-0.05, 0) is 35.4 Å². The molecule has 0 bridgehead atoms. The van der Waals surface area contributed by atoms with E-state index in [0.29, 0.717) is 11.3 Å². The van der Waals surface area contributed by atoms with Crippen LogP contribution in [-0.4, -0.2) is 38.0 Å². The maximum absolute atomic E-state index is 13.4. The van der Waals surface area contributed by atoms with Gasteiger partial charge in [-0.15, -0.1) is 0 Å². The number of carbonyl (C=O) groups excluding carboxylic acids is 1. The van der Waals surface area contributed by atoms with Gasteiger partial charge in [-0.25, -0.2) is 9.18 Å². The lowest BCUT2D eigenvalue weighted by Gasteiger charge is -2.09. The second-order valence-corrected chi connectivity index (χ2v) is 5.21. The molecule has 0 aliphatic rings. The largest absolute Gasteiger partial charge is 0.505 e. The highest BCUT2D eigenvalue weighted by Crippen LogP contribution is 2.26. The molecule has 0 spiro atoms. The molecule has 0 heterocycles. The Hall–Kier alpha value is -2.86. The van der Waals surface area contributed by atoms with Crippen molar-refractivity contribution < 1.29 is 28.5 Å². The fourth-order valence-electron chi connectivity index (χ4n) is 2.06. The SMILES string of the molecule is C=C(COC)C(=O)OCCOc1ccc(-c2ccc(O)c(F)c2)cc1. The van der Waals surface area contributed by atoms with Crippen molar-refractivity contribution in [3.63, 3.8) is 0 Å². The van der Waals surface area contributed by atoms with Crippen LogP contribution >= 0.6 is 0 Å². The molecule has 0 aromatic heterocycles. The first-order chi connectivity index (χ1) is 12.0. The third kappa shape index (κ3) is 5.32. The van der Waals surface area contributed by atoms with Gasteiger partial charge < -0.3 is 19.3 Å². The van der Waals surface area contributed by atoms with Crippen LogP contribution in [0.4, 0.5) is 4.39 Å². The van der Waals surface area contributed by atoms with Crippen LogP contribution in [0.1, 0.15) is 0 Å². The molecular formula is C19H19FO5. The van der Waals surface area contributed by atoms with Crippen molar-refractivity contribution in [2.24, 2.45) is 0 Å². The van der Waals surface area contributed by atoms with Gasteiger partial charge in [-0.3, -0.25) is 0 Å². The van der Waals surface area contributed by atoms with Gasteiger partial charge in [0, 0.05) is 7.11 Å². The zero-order valence-electron chi connectivity index (χ0n) is 13.8. The van der Waals surface area contributed by atoms with E-state index in [1.165, 1.54) is 19.2 Å². The van der Waals surface area contributed by atoms with Crippen LogP contribution in [0.25, 0.3) is 11.1 Å². The molecule has 0 aliphatic carbocycles. The number of phenols is 1. The van der Waals surface area contributed by atoms with Crippen molar-refractivity contribution in [1.29, 1.82) is 0 Å². The van der Waals surface area contributed by atoms with E-state index < -0.39 is 11.8 Å². The van der Waals surface area contributed by atoms with Gasteiger partial charge in [0.15, 0.2) is 11.6 Å². The number of rotatable bonds is 8. The predicted octanol–water partition coefficient (Wildman–Crippen LogP) is 3.32. The van der Waals surface area contributed by atoms with Gasteiger partial charge in [0.1, 0.15) is 19.0 Å². The molecule has 1 N–H and O–H groups in total. The number of carbonyl (C=O) groups is 1. The molecule has 2 aromatic rings. The lowest BCUT2D eigenvalue weighted by Crippen LogP contribution is -2.15. The fourth-order valence-corrected chi connectivity index (χ4v) is 2.06. The van der Waals surface area contributed by atoms with E-state index in [-0.39, 0.29) is 31.1 Å². The van der Waals surface area contributed by atoms with Crippen molar-refractivity contribution >= 4 is 5.97 Å². The van der Waals surface area contributed by atoms with Crippen LogP contribution < -0.4 is 4.74 Å². The van der Waals surface area contributed by atoms with Crippen LogP contribution in [0.15, 0.2) is 54.6 Å². The van der Waals surface area contributed by atoms with Crippen LogP contribution in [0.2, 0.25) is 0 Å². The molecule has 0 atom stereocenters. The Kier molecular flexibility index (Phi) is 6.54. The van der Waals surface area contributed by atoms with Crippen LogP contribution in [0, 0.1) is 5.82 Å². The smallest absolute Gasteiger partial charge is 0.335 e. The summed E-state index contributed by atoms with van der Waals surface area (Å²) in [5.74, 6) is -0.981. The number of hydrogen-bond donors (Lipinski definition) is 1. The van der Waals surface area contributed by atoms with Crippen molar-refractivity contribution in [1.82, 2.24) is 0 Å². The minimum atomic E-state index is -0.672. The molecule has 6 heteroatoms. The van der Waals surface area contributed by atoms with Crippen molar-refractivity contribution in [2.75, 3.05) is 26.9 Å². The normalized spacial score (nSPS) is 10.3. The highest BCUT2D eigenvalue weighted by molar-refractivity contribution is 5.87. The van der Waals surface area contributed by atoms with Gasteiger partial charge >= 0.3 is 5.97 Å². The van der Waals surface area contributed by atoms with Crippen molar-refractivity contribution in [3.8, 4) is 22.6 Å². The van der Waals surface area contributed by atoms with Crippen LogP contribution in [-0.2, 0) is 14.3 Å². The van der Waals surface area contributed by atoms with Gasteiger partial charge in [0.2, 0.25) is 0 Å². The minimum Gasteiger partial charge on any atom is -0.505 e. The zero-order valence-corrected chi connectivity index (χ0v) is 13.8. The zero-order chi connectivity index (χ0) is 18.2. The molecule has 5 nitrogen and oxygen atoms in total. The molecule has 0 radical (unpaired) electrons. The molecule has 0 saturated carbocycles. The van der Waals surface area contributed by atoms with Gasteiger partial charge in [0.25, 0.3) is 0 Å². The summed E-state index contributed by atoms with van der Waals surface area (Å²) in [4.78, 5) is 11.5. The van der Waals surface area contributed by atoms with Gasteiger partial charge in [0.05, 0.1) is 12.2 Å². The lowest BCUT2D eigenvalue weighted by atomic mass is 10.1. The number of hydrogen-bond acceptors (Lipinski definition) is 5. The molecule has 2 rings (SSSR count). The summed E-state index contributed by atoms with van der Waals surface area (Å²) in [6, 6.07) is 11.2. The summed E-state index contributed by atoms with van der Waals surface area (Å²) in [5, 5.41) is 9.22. The average Bonchev–Trinajstić information content (AvgIpc) is 2.61. The quantitative estimate of drug-likeness (QED) is 0.451. The Balaban J connectivity index is 1.83. The number of aromatic hydroxyl groups is 1. The second kappa shape index (κ2) is 8.84. The number of phenolic OH excluding ortho intramolecular Hbond substituents is 1. The highest BCUT2D eigenvalue weighted by Gasteiger charge is 2.08. The Morgan fingerprint density at radius 3 is 2.44 bits per heavy atom. The van der Waals surface area contributed by atoms with Crippen LogP contribution in [0.3, 0.4) is 0 Å². The second-order valence-electron chi connectivity index (χ2n) is 5.21. The standard InChI is InChI=1S/C19H19FO5/c1-13(12-23-2)19(22)25-10-9-24-16-6-3-14(4-7-16)15-5-8-18(21)17(20)11-15/h3-8,11,21H,1,9-10,12H2,2H3. The fraction of sp³-hybridized carbons (Fsp3) is 0.211. The summed E-state index contributed by atoms with van der Waals surface area (Å²) < 4.78 is 28.6. The Morgan fingerprint density at radius 2 is 1.80 bits per heavy atom. The third-order valence-electron chi connectivity index (χ3n) is 3.33. The average molecular weight is 346 g/mol. The summed E-state index contributed by atoms with van der Waals surface area (Å²) in [7, 11) is 1.47. The molecule has 2 aromatic carbocycles. The van der Waals surface area contributed by atoms with Crippen LogP contribution in [0.5, 0.6) is 11.5 Å². The number of methoxy groups -OCH3 is 1. The first-order valence-electron chi connectivity index (χ1n) is 7.57. The van der Waals surface area contributed by atoms with Crippen molar-refractivity contribution in [2.45, 2.75) is 0 Å². The topological polar surface area (TPSA) is 65.0 Å². The molecule has 25 heavy (non-hydrogen) atoms. The molecule has 0 unspecified atom stereocenters. The Morgan fingerprint density at radius 1 is 1.12 bits per heavy atom. The third-order valence-corrected chi connectivity index (χ3v) is 3.33. The summed E-state index contributed by atoms with van der Waals surface area (Å²) in [6.07, 6.45) is 0. The van der Waals surface area contributed by atoms with Crippen molar-refractivity contribution in [3.05, 3.63) is 60.4 Å². The Bertz CT molecular complexity index is 740. The van der Waals surface area contributed by atoms with E-state index in [9.17, 15) is 14.3 Å². The molecule has 0 amide bonds. The van der Waals surface area contributed by atoms with E-state index >= 15 is 0 Å². The number of halogens is 1. The maximum Gasteiger partial charge on any atom is 0.335 e. The van der Waals surface area contributed by atoms with E-state index in [2.05, 4.69) is 6.58 Å². The minimum absolute atomic E-state index is 0.0898. The van der Waals surface area contributed by atoms with E-state index in [0.717, 1.165) is 5.56 Å². The highest BCUT2D eigenvalue weighted by atomic mass is 19.1. The summed E-state index contributed by atoms with van der Waals surface area (Å²) >= 11 is 0. The monoisotopic (exact) mass is 346 g/mol. The molecule has 0 aliphatic heterocycles. The number of ether oxygens (including phenoxy) is 3. The number of benzene rings is 2. The molecular weight excluding hydrogens is 327 g/mol.